The van der Waals surface area contributed by atoms with E-state index in [0.29, 0.717) is 30.7 Å². The predicted molar refractivity (Wildman–Crippen MR) is 82.9 cm³/mol. The zero-order valence-corrected chi connectivity index (χ0v) is 13.4. The molecule has 2 N–H and O–H groups in total. The van der Waals surface area contributed by atoms with Gasteiger partial charge in [0, 0.05) is 31.8 Å². The molecule has 0 radical (unpaired) electrons. The van der Waals surface area contributed by atoms with Gasteiger partial charge in [-0.15, -0.1) is 10.2 Å². The molecule has 3 rings (SSSR count). The summed E-state index contributed by atoms with van der Waals surface area (Å²) >= 11 is 0. The number of nitrogens with one attached hydrogen (secondary N) is 1. The Bertz CT molecular complexity index is 678. The highest BCUT2D eigenvalue weighted by Crippen LogP contribution is 2.37. The Morgan fingerprint density at radius 2 is 2.35 bits per heavy atom. The van der Waals surface area contributed by atoms with E-state index in [0.717, 1.165) is 12.2 Å². The van der Waals surface area contributed by atoms with E-state index in [2.05, 4.69) is 15.5 Å². The Kier molecular flexibility index (Phi) is 4.47. The molecule has 0 unspecified atom stereocenters. The van der Waals surface area contributed by atoms with Crippen molar-refractivity contribution in [3.63, 3.8) is 0 Å². The number of carbonyl (C=O) groups excluding carboxylic acids is 1. The highest BCUT2D eigenvalue weighted by Gasteiger charge is 2.36. The molecule has 7 nitrogen and oxygen atoms in total. The van der Waals surface area contributed by atoms with Gasteiger partial charge >= 0.3 is 0 Å². The second-order valence-electron chi connectivity index (χ2n) is 6.12. The summed E-state index contributed by atoms with van der Waals surface area (Å²) in [5.41, 5.74) is 0.574. The van der Waals surface area contributed by atoms with Crippen molar-refractivity contribution in [1.82, 2.24) is 20.1 Å². The Labute approximate surface area is 134 Å². The lowest BCUT2D eigenvalue weighted by Crippen LogP contribution is -2.32. The van der Waals surface area contributed by atoms with Gasteiger partial charge in [-0.05, 0) is 18.9 Å². The molecule has 1 amide bonds. The van der Waals surface area contributed by atoms with Gasteiger partial charge in [-0.2, -0.15) is 0 Å². The van der Waals surface area contributed by atoms with Gasteiger partial charge in [-0.1, -0.05) is 6.92 Å². The van der Waals surface area contributed by atoms with Crippen molar-refractivity contribution in [3.8, 4) is 0 Å². The topological polar surface area (TPSA) is 93.2 Å². The second kappa shape index (κ2) is 6.54. The lowest BCUT2D eigenvalue weighted by Gasteiger charge is -2.15. The van der Waals surface area contributed by atoms with Crippen molar-refractivity contribution in [2.45, 2.75) is 38.2 Å². The van der Waals surface area contributed by atoms with E-state index in [4.69, 9.17) is 4.42 Å². The van der Waals surface area contributed by atoms with Crippen molar-refractivity contribution in [2.75, 3.05) is 6.54 Å². The first-order chi connectivity index (χ1) is 11.1. The van der Waals surface area contributed by atoms with Crippen molar-refractivity contribution >= 4 is 5.91 Å². The highest BCUT2D eigenvalue weighted by atomic mass is 16.3. The Morgan fingerprint density at radius 1 is 1.52 bits per heavy atom. The van der Waals surface area contributed by atoms with Gasteiger partial charge in [-0.25, -0.2) is 0 Å². The quantitative estimate of drug-likeness (QED) is 0.865. The van der Waals surface area contributed by atoms with Crippen molar-refractivity contribution in [2.24, 2.45) is 13.0 Å². The number of aliphatic hydroxyl groups is 1. The summed E-state index contributed by atoms with van der Waals surface area (Å²) in [6.45, 7) is 2.39. The molecule has 2 aromatic heterocycles. The molecule has 7 heteroatoms. The number of hydrogen-bond acceptors (Lipinski definition) is 5. The van der Waals surface area contributed by atoms with E-state index in [1.54, 1.807) is 12.4 Å². The van der Waals surface area contributed by atoms with Crippen LogP contribution in [0.25, 0.3) is 0 Å². The minimum Gasteiger partial charge on any atom is -0.469 e. The molecule has 0 bridgehead atoms. The molecule has 0 aromatic carbocycles. The third-order valence-electron chi connectivity index (χ3n) is 4.60. The summed E-state index contributed by atoms with van der Waals surface area (Å²) in [5.74, 6) is 1.63. The fraction of sp³-hybridized carbons (Fsp3) is 0.562. The third kappa shape index (κ3) is 3.14. The van der Waals surface area contributed by atoms with Crippen LogP contribution in [-0.2, 0) is 13.5 Å². The zero-order valence-electron chi connectivity index (χ0n) is 13.4. The molecule has 2 aromatic rings. The Morgan fingerprint density at radius 3 is 3.04 bits per heavy atom. The molecule has 124 valence electrons. The van der Waals surface area contributed by atoms with Gasteiger partial charge in [-0.3, -0.25) is 4.79 Å². The lowest BCUT2D eigenvalue weighted by molar-refractivity contribution is 0.0915. The largest absolute Gasteiger partial charge is 0.469 e. The van der Waals surface area contributed by atoms with Crippen LogP contribution in [0.5, 0.6) is 0 Å². The lowest BCUT2D eigenvalue weighted by atomic mass is 10.0. The van der Waals surface area contributed by atoms with Crippen LogP contribution in [-0.4, -0.2) is 38.4 Å². The number of aliphatic hydroxyl groups excluding tert-OH is 1. The van der Waals surface area contributed by atoms with Crippen molar-refractivity contribution in [3.05, 3.63) is 35.8 Å². The number of carbonyl (C=O) groups is 1. The summed E-state index contributed by atoms with van der Waals surface area (Å²) in [7, 11) is 1.90. The summed E-state index contributed by atoms with van der Waals surface area (Å²) in [4.78, 5) is 12.2. The average molecular weight is 318 g/mol. The first-order valence-corrected chi connectivity index (χ1v) is 7.96. The summed E-state index contributed by atoms with van der Waals surface area (Å²) in [6.07, 6.45) is 4.88. The van der Waals surface area contributed by atoms with E-state index in [-0.39, 0.29) is 17.7 Å². The number of amides is 1. The molecular formula is C16H22N4O3. The molecular weight excluding hydrogens is 296 g/mol. The minimum absolute atomic E-state index is 0.0256. The van der Waals surface area contributed by atoms with Gasteiger partial charge in [0.25, 0.3) is 5.91 Å². The first-order valence-electron chi connectivity index (χ1n) is 7.96. The molecule has 0 aliphatic heterocycles. The fourth-order valence-corrected chi connectivity index (χ4v) is 3.33. The van der Waals surface area contributed by atoms with Crippen molar-refractivity contribution in [1.29, 1.82) is 0 Å². The highest BCUT2D eigenvalue weighted by molar-refractivity contribution is 5.95. The Hall–Kier alpha value is -2.15. The number of aryl methyl sites for hydroxylation is 2. The maximum atomic E-state index is 12.2. The van der Waals surface area contributed by atoms with E-state index in [9.17, 15) is 9.90 Å². The van der Waals surface area contributed by atoms with Crippen molar-refractivity contribution < 1.29 is 14.3 Å². The van der Waals surface area contributed by atoms with Crippen LogP contribution in [0.1, 0.15) is 47.6 Å². The van der Waals surface area contributed by atoms with E-state index < -0.39 is 6.10 Å². The normalized spacial score (nSPS) is 24.0. The SMILES string of the molecule is CCc1occc1C(=O)NC[C@H]1C[C@H](c2nncn2C)C[C@H]1O. The van der Waals surface area contributed by atoms with Gasteiger partial charge in [0.2, 0.25) is 0 Å². The van der Waals surface area contributed by atoms with E-state index in [1.807, 2.05) is 18.5 Å². The number of nitrogens with zero attached hydrogens (tertiary/aromatic N) is 3. The fourth-order valence-electron chi connectivity index (χ4n) is 3.33. The molecule has 1 fully saturated rings. The molecule has 1 aliphatic rings. The van der Waals surface area contributed by atoms with Crippen LogP contribution in [0.2, 0.25) is 0 Å². The third-order valence-corrected chi connectivity index (χ3v) is 4.60. The molecule has 0 spiro atoms. The summed E-state index contributed by atoms with van der Waals surface area (Å²) in [6, 6.07) is 1.68. The van der Waals surface area contributed by atoms with Crippen LogP contribution >= 0.6 is 0 Å². The van der Waals surface area contributed by atoms with E-state index >= 15 is 0 Å². The number of furan rings is 1. The smallest absolute Gasteiger partial charge is 0.254 e. The maximum Gasteiger partial charge on any atom is 0.254 e. The molecule has 23 heavy (non-hydrogen) atoms. The number of aromatic nitrogens is 3. The maximum absolute atomic E-state index is 12.2. The molecule has 2 heterocycles. The van der Waals surface area contributed by atoms with Crippen LogP contribution in [0.15, 0.2) is 23.1 Å². The number of rotatable bonds is 5. The van der Waals surface area contributed by atoms with Gasteiger partial charge in [0.1, 0.15) is 17.9 Å². The predicted octanol–water partition coefficient (Wildman–Crippen LogP) is 1.25. The van der Waals surface area contributed by atoms with Crippen LogP contribution in [0, 0.1) is 5.92 Å². The van der Waals surface area contributed by atoms with Gasteiger partial charge in [0.15, 0.2) is 0 Å². The average Bonchev–Trinajstić information content (AvgIpc) is 3.24. The zero-order chi connectivity index (χ0) is 16.4. The molecule has 3 atom stereocenters. The summed E-state index contributed by atoms with van der Waals surface area (Å²) < 4.78 is 7.17. The van der Waals surface area contributed by atoms with Crippen LogP contribution in [0.3, 0.4) is 0 Å². The molecule has 0 saturated heterocycles. The van der Waals surface area contributed by atoms with Gasteiger partial charge < -0.3 is 19.4 Å². The molecule has 1 saturated carbocycles. The first kappa shape index (κ1) is 15.7. The summed E-state index contributed by atoms with van der Waals surface area (Å²) in [5, 5.41) is 21.2. The number of hydrogen-bond donors (Lipinski definition) is 2. The van der Waals surface area contributed by atoms with Gasteiger partial charge in [0.05, 0.1) is 17.9 Å². The van der Waals surface area contributed by atoms with Crippen LogP contribution < -0.4 is 5.32 Å². The molecule has 1 aliphatic carbocycles. The minimum atomic E-state index is -0.438. The second-order valence-corrected chi connectivity index (χ2v) is 6.12. The Balaban J connectivity index is 1.58. The standard InChI is InChI=1S/C16H22N4O3/c1-3-14-12(4-5-23-14)16(22)17-8-11-6-10(7-13(11)21)15-19-18-9-20(15)2/h4-5,9-11,13,21H,3,6-8H2,1-2H3,(H,17,22)/t10-,11+,13+/m0/s1. The van der Waals surface area contributed by atoms with Crippen LogP contribution in [0.4, 0.5) is 0 Å². The monoisotopic (exact) mass is 318 g/mol. The van der Waals surface area contributed by atoms with E-state index in [1.165, 1.54) is 6.26 Å².